The first-order valence-corrected chi connectivity index (χ1v) is 6.29. The summed E-state index contributed by atoms with van der Waals surface area (Å²) in [5, 5.41) is 12.9. The van der Waals surface area contributed by atoms with Crippen molar-refractivity contribution in [1.29, 1.82) is 0 Å². The summed E-state index contributed by atoms with van der Waals surface area (Å²) in [4.78, 5) is 0. The van der Waals surface area contributed by atoms with Crippen LogP contribution in [0.2, 0.25) is 0 Å². The van der Waals surface area contributed by atoms with Crippen LogP contribution in [0.25, 0.3) is 10.9 Å². The van der Waals surface area contributed by atoms with Crippen LogP contribution in [0.5, 0.6) is 0 Å². The van der Waals surface area contributed by atoms with E-state index in [1.54, 1.807) is 6.20 Å². The number of fused-ring (bicyclic) bond motifs is 1. The van der Waals surface area contributed by atoms with E-state index in [4.69, 9.17) is 4.74 Å². The molecule has 1 aliphatic rings. The summed E-state index contributed by atoms with van der Waals surface area (Å²) < 4.78 is 5.65. The fraction of sp³-hybridized carbons (Fsp3) is 0.429. The Bertz CT molecular complexity index is 566. The van der Waals surface area contributed by atoms with Crippen molar-refractivity contribution in [1.82, 2.24) is 10.2 Å². The van der Waals surface area contributed by atoms with Crippen molar-refractivity contribution in [3.63, 3.8) is 0 Å². The normalized spacial score (nSPS) is 27.6. The molecular formula is C14H17N3O. The lowest BCUT2D eigenvalue weighted by atomic mass is 9.94. The summed E-state index contributed by atoms with van der Waals surface area (Å²) in [6.07, 6.45) is 2.99. The van der Waals surface area contributed by atoms with E-state index < -0.39 is 0 Å². The number of anilines is 1. The van der Waals surface area contributed by atoms with Gasteiger partial charge in [0.15, 0.2) is 0 Å². The summed E-state index contributed by atoms with van der Waals surface area (Å²) >= 11 is 0. The van der Waals surface area contributed by atoms with E-state index in [1.807, 2.05) is 18.2 Å². The highest BCUT2D eigenvalue weighted by Crippen LogP contribution is 2.31. The summed E-state index contributed by atoms with van der Waals surface area (Å²) in [7, 11) is 0. The molecule has 0 spiro atoms. The van der Waals surface area contributed by atoms with Crippen LogP contribution in [-0.2, 0) is 4.74 Å². The van der Waals surface area contributed by atoms with Crippen LogP contribution < -0.4 is 5.32 Å². The van der Waals surface area contributed by atoms with Gasteiger partial charge in [0.05, 0.1) is 29.0 Å². The Kier molecular flexibility index (Phi) is 2.67. The minimum atomic E-state index is -0.0359. The summed E-state index contributed by atoms with van der Waals surface area (Å²) in [6, 6.07) is 8.04. The van der Waals surface area contributed by atoms with Gasteiger partial charge in [-0.15, -0.1) is 0 Å². The molecule has 4 nitrogen and oxygen atoms in total. The van der Waals surface area contributed by atoms with Crippen molar-refractivity contribution in [3.8, 4) is 0 Å². The highest BCUT2D eigenvalue weighted by Gasteiger charge is 2.37. The van der Waals surface area contributed by atoms with Crippen LogP contribution in [-0.4, -0.2) is 28.4 Å². The first kappa shape index (κ1) is 11.4. The molecular weight excluding hydrogens is 226 g/mol. The fourth-order valence-electron chi connectivity index (χ4n) is 2.41. The predicted octanol–water partition coefficient (Wildman–Crippen LogP) is 2.61. The standard InChI is InChI=1S/C14H17N3O/c1-10-14(2,7-8-18-10)16-13-9-15-17-12-6-4-3-5-11(12)13/h3-6,9-10H,7-8H2,1-2H3,(H,16,17). The van der Waals surface area contributed by atoms with Gasteiger partial charge in [-0.2, -0.15) is 10.2 Å². The molecule has 0 amide bonds. The summed E-state index contributed by atoms with van der Waals surface area (Å²) in [6.45, 7) is 5.11. The molecule has 1 aromatic carbocycles. The molecule has 0 bridgehead atoms. The second-order valence-electron chi connectivity index (χ2n) is 5.08. The Morgan fingerprint density at radius 1 is 1.39 bits per heavy atom. The lowest BCUT2D eigenvalue weighted by molar-refractivity contribution is 0.105. The molecule has 1 N–H and O–H groups in total. The average Bonchev–Trinajstić information content (AvgIpc) is 2.70. The third kappa shape index (κ3) is 1.82. The number of hydrogen-bond acceptors (Lipinski definition) is 4. The Morgan fingerprint density at radius 3 is 3.00 bits per heavy atom. The van der Waals surface area contributed by atoms with Crippen LogP contribution in [0, 0.1) is 0 Å². The lowest BCUT2D eigenvalue weighted by Gasteiger charge is -2.30. The summed E-state index contributed by atoms with van der Waals surface area (Å²) in [5.41, 5.74) is 1.91. The Labute approximate surface area is 106 Å². The first-order valence-electron chi connectivity index (χ1n) is 6.29. The molecule has 1 aliphatic heterocycles. The Hall–Kier alpha value is -1.68. The quantitative estimate of drug-likeness (QED) is 0.880. The second-order valence-corrected chi connectivity index (χ2v) is 5.08. The van der Waals surface area contributed by atoms with Crippen LogP contribution >= 0.6 is 0 Å². The zero-order chi connectivity index (χ0) is 12.6. The van der Waals surface area contributed by atoms with Gasteiger partial charge in [-0.05, 0) is 26.3 Å². The van der Waals surface area contributed by atoms with Gasteiger partial charge >= 0.3 is 0 Å². The molecule has 1 aromatic heterocycles. The topological polar surface area (TPSA) is 47.0 Å². The lowest BCUT2D eigenvalue weighted by Crippen LogP contribution is -2.41. The van der Waals surface area contributed by atoms with Gasteiger partial charge in [0.1, 0.15) is 0 Å². The van der Waals surface area contributed by atoms with Crippen LogP contribution in [0.15, 0.2) is 30.5 Å². The molecule has 94 valence electrons. The van der Waals surface area contributed by atoms with Crippen molar-refractivity contribution in [2.45, 2.75) is 31.9 Å². The molecule has 0 saturated carbocycles. The number of nitrogens with zero attached hydrogens (tertiary/aromatic N) is 2. The minimum Gasteiger partial charge on any atom is -0.376 e. The van der Waals surface area contributed by atoms with Crippen molar-refractivity contribution in [2.75, 3.05) is 11.9 Å². The van der Waals surface area contributed by atoms with Gasteiger partial charge in [-0.25, -0.2) is 0 Å². The largest absolute Gasteiger partial charge is 0.376 e. The van der Waals surface area contributed by atoms with Gasteiger partial charge in [0.25, 0.3) is 0 Å². The van der Waals surface area contributed by atoms with Gasteiger partial charge < -0.3 is 10.1 Å². The molecule has 2 aromatic rings. The molecule has 1 saturated heterocycles. The molecule has 18 heavy (non-hydrogen) atoms. The maximum absolute atomic E-state index is 5.65. The molecule has 4 heteroatoms. The van der Waals surface area contributed by atoms with E-state index in [0.717, 1.165) is 29.6 Å². The smallest absolute Gasteiger partial charge is 0.0950 e. The maximum atomic E-state index is 5.65. The SMILES string of the molecule is CC1OCCC1(C)Nc1cnnc2ccccc12. The van der Waals surface area contributed by atoms with Crippen LogP contribution in [0.3, 0.4) is 0 Å². The van der Waals surface area contributed by atoms with Gasteiger partial charge in [-0.1, -0.05) is 18.2 Å². The number of rotatable bonds is 2. The van der Waals surface area contributed by atoms with Crippen molar-refractivity contribution in [2.24, 2.45) is 0 Å². The minimum absolute atomic E-state index is 0.0359. The molecule has 0 radical (unpaired) electrons. The van der Waals surface area contributed by atoms with E-state index in [0.29, 0.717) is 0 Å². The third-order valence-corrected chi connectivity index (χ3v) is 3.85. The Balaban J connectivity index is 2.00. The summed E-state index contributed by atoms with van der Waals surface area (Å²) in [5.74, 6) is 0. The first-order chi connectivity index (χ1) is 8.69. The van der Waals surface area contributed by atoms with Crippen LogP contribution in [0.4, 0.5) is 5.69 Å². The van der Waals surface area contributed by atoms with Crippen molar-refractivity contribution < 1.29 is 4.74 Å². The highest BCUT2D eigenvalue weighted by atomic mass is 16.5. The zero-order valence-electron chi connectivity index (χ0n) is 10.7. The average molecular weight is 243 g/mol. The number of nitrogens with one attached hydrogen (secondary N) is 1. The number of aromatic nitrogens is 2. The van der Waals surface area contributed by atoms with Gasteiger partial charge in [0.2, 0.25) is 0 Å². The van der Waals surface area contributed by atoms with Gasteiger partial charge in [-0.3, -0.25) is 0 Å². The Morgan fingerprint density at radius 2 is 2.22 bits per heavy atom. The number of benzene rings is 1. The molecule has 1 fully saturated rings. The maximum Gasteiger partial charge on any atom is 0.0950 e. The molecule has 2 heterocycles. The fourth-order valence-corrected chi connectivity index (χ4v) is 2.41. The van der Waals surface area contributed by atoms with Crippen LogP contribution in [0.1, 0.15) is 20.3 Å². The third-order valence-electron chi connectivity index (χ3n) is 3.85. The molecule has 0 aliphatic carbocycles. The number of hydrogen-bond donors (Lipinski definition) is 1. The van der Waals surface area contributed by atoms with E-state index in [1.165, 1.54) is 0 Å². The second kappa shape index (κ2) is 4.21. The molecule has 2 unspecified atom stereocenters. The van der Waals surface area contributed by atoms with E-state index in [2.05, 4.69) is 35.4 Å². The monoisotopic (exact) mass is 243 g/mol. The van der Waals surface area contributed by atoms with E-state index in [-0.39, 0.29) is 11.6 Å². The van der Waals surface area contributed by atoms with Gasteiger partial charge in [0, 0.05) is 12.0 Å². The van der Waals surface area contributed by atoms with Crippen molar-refractivity contribution in [3.05, 3.63) is 30.5 Å². The zero-order valence-corrected chi connectivity index (χ0v) is 10.7. The number of ether oxygens (including phenoxy) is 1. The van der Waals surface area contributed by atoms with Crippen molar-refractivity contribution >= 4 is 16.6 Å². The highest BCUT2D eigenvalue weighted by molar-refractivity contribution is 5.90. The predicted molar refractivity (Wildman–Crippen MR) is 71.6 cm³/mol. The van der Waals surface area contributed by atoms with E-state index >= 15 is 0 Å². The van der Waals surface area contributed by atoms with E-state index in [9.17, 15) is 0 Å². The molecule has 2 atom stereocenters. The molecule has 3 rings (SSSR count).